The Bertz CT molecular complexity index is 699. The highest BCUT2D eigenvalue weighted by atomic mass is 16.2. The van der Waals surface area contributed by atoms with Gasteiger partial charge >= 0.3 is 0 Å². The van der Waals surface area contributed by atoms with Crippen LogP contribution in [0.15, 0.2) is 18.5 Å². The van der Waals surface area contributed by atoms with Gasteiger partial charge in [0.1, 0.15) is 13.1 Å². The second kappa shape index (κ2) is 10.2. The summed E-state index contributed by atoms with van der Waals surface area (Å²) in [6.45, 7) is 13.9. The van der Waals surface area contributed by atoms with Crippen LogP contribution in [0.1, 0.15) is 27.2 Å². The quantitative estimate of drug-likeness (QED) is 0.481. The minimum atomic E-state index is -0.192. The largest absolute Gasteiger partial charge is 0.347 e. The van der Waals surface area contributed by atoms with Crippen molar-refractivity contribution < 1.29 is 19.4 Å². The van der Waals surface area contributed by atoms with Crippen molar-refractivity contribution in [3.8, 4) is 0 Å². The van der Waals surface area contributed by atoms with Crippen molar-refractivity contribution in [2.45, 2.75) is 32.7 Å². The van der Waals surface area contributed by atoms with Crippen LogP contribution in [-0.2, 0) is 9.59 Å². The number of amides is 2. The highest BCUT2D eigenvalue weighted by molar-refractivity contribution is 5.78. The topological polar surface area (TPSA) is 87.3 Å². The second-order valence-electron chi connectivity index (χ2n) is 9.42. The lowest BCUT2D eigenvalue weighted by Gasteiger charge is -2.35. The molecule has 0 bridgehead atoms. The Hall–Kier alpha value is -2.26. The number of anilines is 1. The van der Waals surface area contributed by atoms with Gasteiger partial charge < -0.3 is 24.9 Å². The number of hydrogen-bond acceptors (Lipinski definition) is 5. The van der Waals surface area contributed by atoms with Crippen LogP contribution in [0.4, 0.5) is 5.95 Å². The molecular weight excluding hydrogens is 382 g/mol. The van der Waals surface area contributed by atoms with Crippen LogP contribution in [0.25, 0.3) is 0 Å². The van der Waals surface area contributed by atoms with Gasteiger partial charge in [-0.25, -0.2) is 9.97 Å². The number of quaternary nitrogens is 2. The average Bonchev–Trinajstić information content (AvgIpc) is 2.92. The van der Waals surface area contributed by atoms with Crippen molar-refractivity contribution in [1.82, 2.24) is 20.2 Å². The van der Waals surface area contributed by atoms with Gasteiger partial charge in [-0.1, -0.05) is 0 Å². The number of rotatable bonds is 5. The normalized spacial score (nSPS) is 23.0. The number of hydrogen-bond donors (Lipinski definition) is 3. The van der Waals surface area contributed by atoms with E-state index in [-0.39, 0.29) is 17.4 Å². The van der Waals surface area contributed by atoms with Crippen molar-refractivity contribution in [2.75, 3.05) is 70.3 Å². The number of aromatic nitrogens is 2. The van der Waals surface area contributed by atoms with Crippen molar-refractivity contribution in [1.29, 1.82) is 0 Å². The minimum Gasteiger partial charge on any atom is -0.347 e. The molecule has 0 saturated carbocycles. The summed E-state index contributed by atoms with van der Waals surface area (Å²) in [5, 5.41) is 3.05. The predicted octanol–water partition coefficient (Wildman–Crippen LogP) is -2.79. The van der Waals surface area contributed by atoms with Crippen LogP contribution in [0.3, 0.4) is 0 Å². The number of nitrogens with one attached hydrogen (secondary N) is 3. The minimum absolute atomic E-state index is 0.109. The smallest absolute Gasteiger partial charge is 0.277 e. The van der Waals surface area contributed by atoms with Crippen LogP contribution < -0.4 is 20.0 Å². The Morgan fingerprint density at radius 3 is 2.17 bits per heavy atom. The van der Waals surface area contributed by atoms with Crippen LogP contribution in [0.5, 0.6) is 0 Å². The van der Waals surface area contributed by atoms with Gasteiger partial charge in [-0.15, -0.1) is 0 Å². The number of carbonyl (C=O) groups is 2. The number of carbonyl (C=O) groups excluding carboxylic acids is 2. The van der Waals surface area contributed by atoms with Gasteiger partial charge in [0.15, 0.2) is 13.1 Å². The molecule has 2 aliphatic heterocycles. The Morgan fingerprint density at radius 1 is 0.967 bits per heavy atom. The van der Waals surface area contributed by atoms with Gasteiger partial charge in [0.2, 0.25) is 5.95 Å². The molecule has 2 unspecified atom stereocenters. The maximum absolute atomic E-state index is 12.8. The van der Waals surface area contributed by atoms with Gasteiger partial charge in [0.05, 0.1) is 13.1 Å². The SMILES string of the molecule is CC(C)(C)NC(=O)C[NH+]1CCC[NH+](CC(=O)N2CCN(c3ncccn3)CC2)CC1. The lowest BCUT2D eigenvalue weighted by molar-refractivity contribution is -0.930. The second-order valence-corrected chi connectivity index (χ2v) is 9.42. The zero-order valence-corrected chi connectivity index (χ0v) is 18.6. The third-order valence-corrected chi connectivity index (χ3v) is 5.69. The Kier molecular flexibility index (Phi) is 7.60. The predicted molar refractivity (Wildman–Crippen MR) is 114 cm³/mol. The fourth-order valence-electron chi connectivity index (χ4n) is 4.17. The highest BCUT2D eigenvalue weighted by Gasteiger charge is 2.28. The summed E-state index contributed by atoms with van der Waals surface area (Å²) in [5.41, 5.74) is -0.192. The lowest BCUT2D eigenvalue weighted by Crippen LogP contribution is -3.18. The number of piperazine rings is 1. The first-order chi connectivity index (χ1) is 14.3. The van der Waals surface area contributed by atoms with E-state index in [4.69, 9.17) is 0 Å². The molecule has 2 aliphatic rings. The van der Waals surface area contributed by atoms with Gasteiger partial charge in [0, 0.05) is 50.5 Å². The standard InChI is InChI=1S/C21H35N7O2/c1-21(2,3)24-18(29)16-25-8-5-9-26(11-10-25)17-19(30)27-12-14-28(15-13-27)20-22-6-4-7-23-20/h4,6-7H,5,8-17H2,1-3H3,(H,24,29)/p+2. The maximum Gasteiger partial charge on any atom is 0.277 e. The molecule has 166 valence electrons. The summed E-state index contributed by atoms with van der Waals surface area (Å²) in [4.78, 5) is 40.4. The molecule has 30 heavy (non-hydrogen) atoms. The zero-order valence-electron chi connectivity index (χ0n) is 18.6. The fraction of sp³-hybridized carbons (Fsp3) is 0.714. The van der Waals surface area contributed by atoms with Crippen molar-refractivity contribution in [2.24, 2.45) is 0 Å². The summed E-state index contributed by atoms with van der Waals surface area (Å²) < 4.78 is 0. The van der Waals surface area contributed by atoms with E-state index in [1.54, 1.807) is 12.4 Å². The van der Waals surface area contributed by atoms with Crippen molar-refractivity contribution >= 4 is 17.8 Å². The van der Waals surface area contributed by atoms with E-state index in [0.29, 0.717) is 26.2 Å². The Morgan fingerprint density at radius 2 is 1.57 bits per heavy atom. The monoisotopic (exact) mass is 419 g/mol. The first-order valence-electron chi connectivity index (χ1n) is 11.1. The van der Waals surface area contributed by atoms with Gasteiger partial charge in [-0.3, -0.25) is 9.59 Å². The summed E-state index contributed by atoms with van der Waals surface area (Å²) in [6.07, 6.45) is 4.54. The van der Waals surface area contributed by atoms with E-state index in [9.17, 15) is 9.59 Å². The molecule has 3 heterocycles. The summed E-state index contributed by atoms with van der Waals surface area (Å²) in [6, 6.07) is 1.81. The maximum atomic E-state index is 12.8. The lowest BCUT2D eigenvalue weighted by atomic mass is 10.1. The van der Waals surface area contributed by atoms with Crippen LogP contribution >= 0.6 is 0 Å². The van der Waals surface area contributed by atoms with Crippen molar-refractivity contribution in [3.05, 3.63) is 18.5 Å². The molecule has 2 saturated heterocycles. The zero-order chi connectivity index (χ0) is 21.6. The van der Waals surface area contributed by atoms with E-state index in [1.165, 1.54) is 9.80 Å². The molecule has 1 aromatic rings. The van der Waals surface area contributed by atoms with E-state index in [1.807, 2.05) is 31.7 Å². The third kappa shape index (κ3) is 6.91. The molecule has 3 rings (SSSR count). The van der Waals surface area contributed by atoms with Crippen LogP contribution in [0.2, 0.25) is 0 Å². The molecule has 9 heteroatoms. The molecule has 0 radical (unpaired) electrons. The first kappa shape index (κ1) is 22.4. The highest BCUT2D eigenvalue weighted by Crippen LogP contribution is 2.09. The Balaban J connectivity index is 1.40. The van der Waals surface area contributed by atoms with E-state index in [2.05, 4.69) is 20.2 Å². The summed E-state index contributed by atoms with van der Waals surface area (Å²) in [5.74, 6) is 1.08. The van der Waals surface area contributed by atoms with E-state index < -0.39 is 0 Å². The molecule has 1 aromatic heterocycles. The average molecular weight is 420 g/mol. The fourth-order valence-corrected chi connectivity index (χ4v) is 4.17. The third-order valence-electron chi connectivity index (χ3n) is 5.69. The van der Waals surface area contributed by atoms with Gasteiger partial charge in [0.25, 0.3) is 11.8 Å². The molecular formula is C21H37N7O2+2. The van der Waals surface area contributed by atoms with Crippen molar-refractivity contribution in [3.63, 3.8) is 0 Å². The van der Waals surface area contributed by atoms with E-state index >= 15 is 0 Å². The Labute approximate surface area is 179 Å². The molecule has 2 atom stereocenters. The first-order valence-corrected chi connectivity index (χ1v) is 11.1. The molecule has 0 aromatic carbocycles. The van der Waals surface area contributed by atoms with E-state index in [0.717, 1.165) is 51.6 Å². The molecule has 2 amide bonds. The molecule has 9 nitrogen and oxygen atoms in total. The van der Waals surface area contributed by atoms with Crippen LogP contribution in [-0.4, -0.2) is 97.7 Å². The summed E-state index contributed by atoms with van der Waals surface area (Å²) >= 11 is 0. The molecule has 3 N–H and O–H groups in total. The van der Waals surface area contributed by atoms with Crippen LogP contribution in [0, 0.1) is 0 Å². The molecule has 0 spiro atoms. The van der Waals surface area contributed by atoms with Gasteiger partial charge in [-0.05, 0) is 26.8 Å². The molecule has 0 aliphatic carbocycles. The number of nitrogens with zero attached hydrogens (tertiary/aromatic N) is 4. The van der Waals surface area contributed by atoms with Gasteiger partial charge in [-0.2, -0.15) is 0 Å². The summed E-state index contributed by atoms with van der Waals surface area (Å²) in [7, 11) is 0. The molecule has 2 fully saturated rings.